The van der Waals surface area contributed by atoms with Crippen molar-refractivity contribution in [3.8, 4) is 0 Å². The number of carbonyl (C=O) groups is 1. The minimum absolute atomic E-state index is 0.165. The van der Waals surface area contributed by atoms with E-state index in [1.165, 1.54) is 4.52 Å². The van der Waals surface area contributed by atoms with Gasteiger partial charge < -0.3 is 0 Å². The summed E-state index contributed by atoms with van der Waals surface area (Å²) < 4.78 is 1.47. The first-order chi connectivity index (χ1) is 9.56. The summed E-state index contributed by atoms with van der Waals surface area (Å²) >= 11 is 11.7. The molecule has 0 atom stereocenters. The maximum atomic E-state index is 12.6. The molecule has 0 aliphatic carbocycles. The summed E-state index contributed by atoms with van der Waals surface area (Å²) in [6.07, 6.45) is 0. The van der Waals surface area contributed by atoms with Gasteiger partial charge in [-0.05, 0) is 43.3 Å². The summed E-state index contributed by atoms with van der Waals surface area (Å²) in [6, 6.07) is 10.1. The van der Waals surface area contributed by atoms with Crippen LogP contribution < -0.4 is 0 Å². The highest BCUT2D eigenvalue weighted by atomic mass is 35.5. The zero-order valence-corrected chi connectivity index (χ0v) is 12.0. The number of hydrogen-bond acceptors (Lipinski definition) is 3. The molecule has 100 valence electrons. The molecular formula is C14H9Cl2N3O. The zero-order chi connectivity index (χ0) is 14.3. The fourth-order valence-electron chi connectivity index (χ4n) is 2.02. The standard InChI is InChI=1S/C14H9Cl2N3O/c1-8-13(14(20)9-2-4-10(15)5-3-9)19-12(17-8)7-6-11(16)18-19/h2-7H,1H3. The van der Waals surface area contributed by atoms with Crippen LogP contribution in [0.5, 0.6) is 0 Å². The number of fused-ring (bicyclic) bond motifs is 1. The Bertz CT molecular complexity index is 809. The Labute approximate surface area is 125 Å². The van der Waals surface area contributed by atoms with Gasteiger partial charge in [0, 0.05) is 10.6 Å². The van der Waals surface area contributed by atoms with Gasteiger partial charge in [-0.2, -0.15) is 5.10 Å². The Balaban J connectivity index is 2.18. The second kappa shape index (κ2) is 4.89. The lowest BCUT2D eigenvalue weighted by atomic mass is 10.1. The molecule has 0 fully saturated rings. The van der Waals surface area contributed by atoms with Crippen LogP contribution in [0.25, 0.3) is 5.65 Å². The van der Waals surface area contributed by atoms with Gasteiger partial charge in [-0.3, -0.25) is 4.79 Å². The smallest absolute Gasteiger partial charge is 0.213 e. The van der Waals surface area contributed by atoms with E-state index in [0.717, 1.165) is 0 Å². The van der Waals surface area contributed by atoms with Crippen LogP contribution in [0, 0.1) is 6.92 Å². The highest BCUT2D eigenvalue weighted by Crippen LogP contribution is 2.18. The van der Waals surface area contributed by atoms with Crippen molar-refractivity contribution in [1.82, 2.24) is 14.6 Å². The highest BCUT2D eigenvalue weighted by Gasteiger charge is 2.19. The van der Waals surface area contributed by atoms with Crippen LogP contribution in [0.1, 0.15) is 21.7 Å². The summed E-state index contributed by atoms with van der Waals surface area (Å²) in [7, 11) is 0. The predicted molar refractivity (Wildman–Crippen MR) is 77.6 cm³/mol. The Kier molecular flexibility index (Phi) is 3.20. The van der Waals surface area contributed by atoms with E-state index in [1.807, 2.05) is 0 Å². The molecular weight excluding hydrogens is 297 g/mol. The molecule has 2 aromatic heterocycles. The van der Waals surface area contributed by atoms with Crippen LogP contribution in [-0.2, 0) is 0 Å². The molecule has 0 N–H and O–H groups in total. The van der Waals surface area contributed by atoms with E-state index in [9.17, 15) is 4.79 Å². The summed E-state index contributed by atoms with van der Waals surface area (Å²) in [5.41, 5.74) is 2.13. The van der Waals surface area contributed by atoms with E-state index in [0.29, 0.717) is 32.8 Å². The lowest BCUT2D eigenvalue weighted by Crippen LogP contribution is -2.08. The van der Waals surface area contributed by atoms with Gasteiger partial charge in [-0.25, -0.2) is 9.50 Å². The second-order valence-corrected chi connectivity index (χ2v) is 5.13. The van der Waals surface area contributed by atoms with E-state index < -0.39 is 0 Å². The topological polar surface area (TPSA) is 47.3 Å². The number of imidazole rings is 1. The predicted octanol–water partition coefficient (Wildman–Crippen LogP) is 3.58. The normalized spacial score (nSPS) is 10.9. The maximum absolute atomic E-state index is 12.6. The van der Waals surface area contributed by atoms with E-state index >= 15 is 0 Å². The van der Waals surface area contributed by atoms with Crippen LogP contribution in [0.15, 0.2) is 36.4 Å². The van der Waals surface area contributed by atoms with Crippen molar-refractivity contribution in [2.75, 3.05) is 0 Å². The van der Waals surface area contributed by atoms with Crippen molar-refractivity contribution in [1.29, 1.82) is 0 Å². The molecule has 0 bridgehead atoms. The summed E-state index contributed by atoms with van der Waals surface area (Å²) in [5.74, 6) is -0.165. The number of nitrogens with zero attached hydrogens (tertiary/aromatic N) is 3. The van der Waals surface area contributed by atoms with Crippen LogP contribution in [0.4, 0.5) is 0 Å². The lowest BCUT2D eigenvalue weighted by Gasteiger charge is -2.02. The van der Waals surface area contributed by atoms with Gasteiger partial charge in [-0.1, -0.05) is 23.2 Å². The minimum Gasteiger partial charge on any atom is -0.287 e. The summed E-state index contributed by atoms with van der Waals surface area (Å²) in [4.78, 5) is 16.9. The molecule has 0 saturated carbocycles. The van der Waals surface area contributed by atoms with Crippen LogP contribution in [-0.4, -0.2) is 20.4 Å². The Hall–Kier alpha value is -1.91. The van der Waals surface area contributed by atoms with Gasteiger partial charge in [0.25, 0.3) is 0 Å². The lowest BCUT2D eigenvalue weighted by molar-refractivity contribution is 0.103. The third kappa shape index (κ3) is 2.17. The van der Waals surface area contributed by atoms with Gasteiger partial charge in [0.05, 0.1) is 5.69 Å². The van der Waals surface area contributed by atoms with Crippen molar-refractivity contribution in [2.24, 2.45) is 0 Å². The van der Waals surface area contributed by atoms with Crippen molar-refractivity contribution in [3.63, 3.8) is 0 Å². The van der Waals surface area contributed by atoms with Crippen molar-refractivity contribution >= 4 is 34.6 Å². The van der Waals surface area contributed by atoms with Crippen molar-refractivity contribution in [2.45, 2.75) is 6.92 Å². The van der Waals surface area contributed by atoms with E-state index in [4.69, 9.17) is 23.2 Å². The quantitative estimate of drug-likeness (QED) is 0.680. The van der Waals surface area contributed by atoms with Gasteiger partial charge in [0.2, 0.25) is 5.78 Å². The third-order valence-electron chi connectivity index (χ3n) is 2.94. The Morgan fingerprint density at radius 2 is 1.80 bits per heavy atom. The summed E-state index contributed by atoms with van der Waals surface area (Å²) in [5, 5.41) is 5.02. The minimum atomic E-state index is -0.165. The molecule has 0 spiro atoms. The molecule has 6 heteroatoms. The molecule has 2 heterocycles. The number of ketones is 1. The van der Waals surface area contributed by atoms with Gasteiger partial charge in [-0.15, -0.1) is 0 Å². The van der Waals surface area contributed by atoms with Crippen molar-refractivity contribution in [3.05, 3.63) is 63.5 Å². The highest BCUT2D eigenvalue weighted by molar-refractivity contribution is 6.30. The number of rotatable bonds is 2. The van der Waals surface area contributed by atoms with Crippen LogP contribution >= 0.6 is 23.2 Å². The molecule has 3 aromatic rings. The SMILES string of the molecule is Cc1nc2ccc(Cl)nn2c1C(=O)c1ccc(Cl)cc1. The molecule has 0 amide bonds. The molecule has 0 aliphatic rings. The molecule has 0 aliphatic heterocycles. The van der Waals surface area contributed by atoms with E-state index in [1.54, 1.807) is 43.3 Å². The van der Waals surface area contributed by atoms with Crippen LogP contribution in [0.2, 0.25) is 10.2 Å². The monoisotopic (exact) mass is 305 g/mol. The average molecular weight is 306 g/mol. The molecule has 3 rings (SSSR count). The molecule has 0 radical (unpaired) electrons. The molecule has 4 nitrogen and oxygen atoms in total. The van der Waals surface area contributed by atoms with Crippen LogP contribution in [0.3, 0.4) is 0 Å². The molecule has 1 aromatic carbocycles. The number of benzene rings is 1. The van der Waals surface area contributed by atoms with Gasteiger partial charge in [0.1, 0.15) is 10.8 Å². The first kappa shape index (κ1) is 13.1. The third-order valence-corrected chi connectivity index (χ3v) is 3.39. The number of carbonyl (C=O) groups excluding carboxylic acids is 1. The number of hydrogen-bond donors (Lipinski definition) is 0. The second-order valence-electron chi connectivity index (χ2n) is 4.31. The fraction of sp³-hybridized carbons (Fsp3) is 0.0714. The zero-order valence-electron chi connectivity index (χ0n) is 10.5. The van der Waals surface area contributed by atoms with E-state index in [2.05, 4.69) is 10.1 Å². The Morgan fingerprint density at radius 1 is 1.10 bits per heavy atom. The number of aryl methyl sites for hydroxylation is 1. The average Bonchev–Trinajstić information content (AvgIpc) is 2.74. The van der Waals surface area contributed by atoms with Crippen molar-refractivity contribution < 1.29 is 4.79 Å². The number of halogens is 2. The molecule has 0 saturated heterocycles. The first-order valence-electron chi connectivity index (χ1n) is 5.88. The molecule has 0 unspecified atom stereocenters. The summed E-state index contributed by atoms with van der Waals surface area (Å²) in [6.45, 7) is 1.77. The maximum Gasteiger partial charge on any atom is 0.213 e. The molecule has 20 heavy (non-hydrogen) atoms. The Morgan fingerprint density at radius 3 is 2.50 bits per heavy atom. The largest absolute Gasteiger partial charge is 0.287 e. The van der Waals surface area contributed by atoms with Gasteiger partial charge >= 0.3 is 0 Å². The number of aromatic nitrogens is 3. The first-order valence-corrected chi connectivity index (χ1v) is 6.64. The fourth-order valence-corrected chi connectivity index (χ4v) is 2.28. The van der Waals surface area contributed by atoms with Gasteiger partial charge in [0.15, 0.2) is 5.65 Å². The van der Waals surface area contributed by atoms with E-state index in [-0.39, 0.29) is 5.78 Å².